The summed E-state index contributed by atoms with van der Waals surface area (Å²) in [5, 5.41) is 4.05. The molecular weight excluding hydrogens is 755 g/mol. The fourth-order valence-electron chi connectivity index (χ4n) is 10.1. The fourth-order valence-corrected chi connectivity index (χ4v) is 10.1. The van der Waals surface area contributed by atoms with E-state index in [1.807, 2.05) is 0 Å². The van der Waals surface area contributed by atoms with E-state index in [0.29, 0.717) is 42.9 Å². The van der Waals surface area contributed by atoms with E-state index in [4.69, 9.17) is 14.2 Å². The Bertz CT molecular complexity index is 961. The monoisotopic (exact) mass is 860 g/mol. The summed E-state index contributed by atoms with van der Waals surface area (Å²) < 4.78 is 17.4. The Kier molecular flexibility index (Phi) is 36.0. The summed E-state index contributed by atoms with van der Waals surface area (Å²) in [5.41, 5.74) is 0.483. The van der Waals surface area contributed by atoms with E-state index in [9.17, 15) is 9.59 Å². The van der Waals surface area contributed by atoms with E-state index < -0.39 is 0 Å². The van der Waals surface area contributed by atoms with Gasteiger partial charge >= 0.3 is 11.9 Å². The quantitative estimate of drug-likeness (QED) is 0.0485. The van der Waals surface area contributed by atoms with Crippen molar-refractivity contribution in [3.8, 4) is 0 Å². The number of hydrogen-bond donors (Lipinski definition) is 1. The van der Waals surface area contributed by atoms with Gasteiger partial charge in [0.2, 0.25) is 0 Å². The molecule has 0 bridgehead atoms. The van der Waals surface area contributed by atoms with Crippen LogP contribution in [0.15, 0.2) is 0 Å². The minimum absolute atomic E-state index is 0.0116. The Labute approximate surface area is 380 Å². The Morgan fingerprint density at radius 2 is 0.885 bits per heavy atom. The highest BCUT2D eigenvalue weighted by atomic mass is 16.5. The van der Waals surface area contributed by atoms with Crippen molar-refractivity contribution in [2.24, 2.45) is 11.3 Å². The first kappa shape index (κ1) is 56.0. The van der Waals surface area contributed by atoms with Crippen LogP contribution in [0.1, 0.15) is 291 Å². The Morgan fingerprint density at radius 3 is 1.33 bits per heavy atom. The molecule has 0 amide bonds. The predicted octanol–water partition coefficient (Wildman–Crippen LogP) is 16.5. The molecule has 1 aliphatic carbocycles. The molecule has 2 aliphatic rings. The lowest BCUT2D eigenvalue weighted by atomic mass is 9.64. The van der Waals surface area contributed by atoms with Crippen molar-refractivity contribution in [3.63, 3.8) is 0 Å². The van der Waals surface area contributed by atoms with Gasteiger partial charge in [0.1, 0.15) is 6.10 Å². The average Bonchev–Trinajstić information content (AvgIpc) is 3.22. The van der Waals surface area contributed by atoms with Crippen molar-refractivity contribution in [3.05, 3.63) is 0 Å². The molecule has 1 saturated heterocycles. The van der Waals surface area contributed by atoms with Gasteiger partial charge < -0.3 is 19.5 Å². The van der Waals surface area contributed by atoms with Crippen LogP contribution in [0.4, 0.5) is 0 Å². The summed E-state index contributed by atoms with van der Waals surface area (Å²) in [6, 6.07) is 1.20. The molecule has 6 nitrogen and oxygen atoms in total. The van der Waals surface area contributed by atoms with Gasteiger partial charge in [0.05, 0.1) is 19.8 Å². The first-order valence-electron chi connectivity index (χ1n) is 27.6. The van der Waals surface area contributed by atoms with Crippen LogP contribution in [0, 0.1) is 11.3 Å². The minimum atomic E-state index is 0.0116. The molecule has 1 N–H and O–H groups in total. The number of carbonyl (C=O) groups excluding carboxylic acids is 2. The third-order valence-corrected chi connectivity index (χ3v) is 14.3. The second-order valence-corrected chi connectivity index (χ2v) is 20.4. The van der Waals surface area contributed by atoms with E-state index in [0.717, 1.165) is 58.2 Å². The van der Waals surface area contributed by atoms with Gasteiger partial charge in [0.15, 0.2) is 0 Å². The average molecular weight is 860 g/mol. The standard InChI is InChI=1S/C55H105NO5/c1-5-9-13-17-21-31-39-52(40-32-22-18-14-10-6-2)61-54(58)42-34-26-24-30-38-50(56-51-45-55(46-51)47-59-48-55)37-29-23-25-33-41-53(57)60-44-43-49(35-27-19-15-11-7-3)36-28-20-16-12-8-4/h49-52,56H,5-48H2,1-4H3. The summed E-state index contributed by atoms with van der Waals surface area (Å²) in [6.07, 6.45) is 49.8. The van der Waals surface area contributed by atoms with E-state index in [-0.39, 0.29) is 18.0 Å². The molecule has 1 unspecified atom stereocenters. The summed E-state index contributed by atoms with van der Waals surface area (Å²) >= 11 is 0. The lowest BCUT2D eigenvalue weighted by molar-refractivity contribution is -0.168. The zero-order chi connectivity index (χ0) is 43.9. The number of nitrogens with one attached hydrogen (secondary N) is 1. The highest BCUT2D eigenvalue weighted by Crippen LogP contribution is 2.47. The first-order valence-corrected chi connectivity index (χ1v) is 27.6. The smallest absolute Gasteiger partial charge is 0.306 e. The zero-order valence-electron chi connectivity index (χ0n) is 41.5. The van der Waals surface area contributed by atoms with Gasteiger partial charge in [-0.05, 0) is 76.5 Å². The molecule has 1 atom stereocenters. The lowest BCUT2D eigenvalue weighted by Gasteiger charge is -2.54. The van der Waals surface area contributed by atoms with Gasteiger partial charge in [-0.15, -0.1) is 0 Å². The number of unbranched alkanes of at least 4 members (excludes halogenated alkanes) is 24. The van der Waals surface area contributed by atoms with Crippen molar-refractivity contribution < 1.29 is 23.8 Å². The molecule has 0 radical (unpaired) electrons. The largest absolute Gasteiger partial charge is 0.466 e. The van der Waals surface area contributed by atoms with Crippen molar-refractivity contribution in [2.75, 3.05) is 19.8 Å². The molecule has 1 spiro atoms. The highest BCUT2D eigenvalue weighted by Gasteiger charge is 2.49. The lowest BCUT2D eigenvalue weighted by Crippen LogP contribution is -2.60. The van der Waals surface area contributed by atoms with Gasteiger partial charge in [-0.25, -0.2) is 0 Å². The van der Waals surface area contributed by atoms with Gasteiger partial charge in [0, 0.05) is 30.3 Å². The summed E-state index contributed by atoms with van der Waals surface area (Å²) in [7, 11) is 0. The maximum absolute atomic E-state index is 12.9. The van der Waals surface area contributed by atoms with Crippen LogP contribution in [0.2, 0.25) is 0 Å². The second kappa shape index (κ2) is 39.2. The summed E-state index contributed by atoms with van der Waals surface area (Å²) in [6.45, 7) is 11.6. The molecule has 6 heteroatoms. The maximum atomic E-state index is 12.9. The topological polar surface area (TPSA) is 73.9 Å². The molecule has 1 heterocycles. The van der Waals surface area contributed by atoms with E-state index in [1.165, 1.54) is 205 Å². The first-order chi connectivity index (χ1) is 29.9. The molecular formula is C55H105NO5. The van der Waals surface area contributed by atoms with E-state index in [1.54, 1.807) is 0 Å². The van der Waals surface area contributed by atoms with Crippen LogP contribution in [-0.4, -0.2) is 49.9 Å². The van der Waals surface area contributed by atoms with E-state index >= 15 is 0 Å². The highest BCUT2D eigenvalue weighted by molar-refractivity contribution is 5.69. The molecule has 1 aliphatic heterocycles. The molecule has 0 aromatic carbocycles. The number of ether oxygens (including phenoxy) is 3. The van der Waals surface area contributed by atoms with Crippen LogP contribution in [0.5, 0.6) is 0 Å². The molecule has 2 rings (SSSR count). The number of esters is 2. The van der Waals surface area contributed by atoms with Crippen LogP contribution in [0.3, 0.4) is 0 Å². The third kappa shape index (κ3) is 30.6. The Balaban J connectivity index is 1.63. The van der Waals surface area contributed by atoms with Gasteiger partial charge in [-0.1, -0.05) is 207 Å². The number of carbonyl (C=O) groups is 2. The third-order valence-electron chi connectivity index (χ3n) is 14.3. The fraction of sp³-hybridized carbons (Fsp3) is 0.964. The summed E-state index contributed by atoms with van der Waals surface area (Å²) in [4.78, 5) is 25.6. The van der Waals surface area contributed by atoms with Crippen LogP contribution >= 0.6 is 0 Å². The minimum Gasteiger partial charge on any atom is -0.466 e. The second-order valence-electron chi connectivity index (χ2n) is 20.4. The SMILES string of the molecule is CCCCCCCCC(CCCCCCCC)OC(=O)CCCCCCC(CCCCCCC(=O)OCCC(CCCCCCC)CCCCCCC)NC1CC2(COC2)C1. The molecule has 1 saturated carbocycles. The van der Waals surface area contributed by atoms with Crippen LogP contribution in [0.25, 0.3) is 0 Å². The van der Waals surface area contributed by atoms with E-state index in [2.05, 4.69) is 33.0 Å². The predicted molar refractivity (Wildman–Crippen MR) is 260 cm³/mol. The molecule has 360 valence electrons. The van der Waals surface area contributed by atoms with Gasteiger partial charge in [0.25, 0.3) is 0 Å². The maximum Gasteiger partial charge on any atom is 0.306 e. The molecule has 2 fully saturated rings. The number of hydrogen-bond acceptors (Lipinski definition) is 6. The van der Waals surface area contributed by atoms with Crippen LogP contribution < -0.4 is 5.32 Å². The zero-order valence-corrected chi connectivity index (χ0v) is 41.5. The van der Waals surface area contributed by atoms with Crippen LogP contribution in [-0.2, 0) is 23.8 Å². The Hall–Kier alpha value is -1.14. The molecule has 0 aromatic rings. The van der Waals surface area contributed by atoms with Crippen molar-refractivity contribution in [2.45, 2.75) is 309 Å². The number of rotatable bonds is 46. The van der Waals surface area contributed by atoms with Crippen molar-refractivity contribution in [1.82, 2.24) is 5.32 Å². The molecule has 0 aromatic heterocycles. The van der Waals surface area contributed by atoms with Crippen molar-refractivity contribution >= 4 is 11.9 Å². The normalized spacial score (nSPS) is 15.4. The van der Waals surface area contributed by atoms with Gasteiger partial charge in [-0.2, -0.15) is 0 Å². The van der Waals surface area contributed by atoms with Crippen molar-refractivity contribution in [1.29, 1.82) is 0 Å². The molecule has 61 heavy (non-hydrogen) atoms. The summed E-state index contributed by atoms with van der Waals surface area (Å²) in [5.74, 6) is 0.762. The van der Waals surface area contributed by atoms with Gasteiger partial charge in [-0.3, -0.25) is 9.59 Å². The Morgan fingerprint density at radius 1 is 0.492 bits per heavy atom.